The van der Waals surface area contributed by atoms with Gasteiger partial charge in [-0.3, -0.25) is 4.79 Å². The average molecular weight is 302 g/mol. The highest BCUT2D eigenvalue weighted by Crippen LogP contribution is 2.24. The van der Waals surface area contributed by atoms with Crippen LogP contribution in [0.2, 0.25) is 0 Å². The molecule has 1 aromatic carbocycles. The maximum atomic E-state index is 12.3. The number of nitrogens with one attached hydrogen (secondary N) is 2. The second kappa shape index (κ2) is 6.40. The van der Waals surface area contributed by atoms with Gasteiger partial charge in [0.05, 0.1) is 25.7 Å². The highest BCUT2D eigenvalue weighted by atomic mass is 16.5. The van der Waals surface area contributed by atoms with Crippen molar-refractivity contribution < 1.29 is 14.6 Å². The number of H-pyrrole nitrogens is 1. The number of carbonyl (C=O) groups is 1. The molecule has 0 radical (unpaired) electrons. The fraction of sp³-hybridized carbons (Fsp3) is 0.471. The predicted octanol–water partition coefficient (Wildman–Crippen LogP) is 2.14. The number of aliphatic hydroxyl groups excluding tert-OH is 1. The summed E-state index contributed by atoms with van der Waals surface area (Å²) < 4.78 is 5.24. The number of aromatic amines is 1. The molecule has 5 heteroatoms. The van der Waals surface area contributed by atoms with Crippen LogP contribution in [0.3, 0.4) is 0 Å². The molecule has 1 aromatic heterocycles. The molecule has 5 nitrogen and oxygen atoms in total. The topological polar surface area (TPSA) is 74.4 Å². The standard InChI is InChI=1S/C17H22N2O3/c1-22-12-6-7-14-13(9-12)11(10-18-14)8-17(21)19-15-4-2-3-5-16(15)20/h6-7,9-10,15-16,18,20H,2-5,8H2,1H3,(H,19,21). The van der Waals surface area contributed by atoms with E-state index in [2.05, 4.69) is 10.3 Å². The van der Waals surface area contributed by atoms with E-state index < -0.39 is 6.10 Å². The normalized spacial score (nSPS) is 21.7. The molecule has 1 aliphatic rings. The summed E-state index contributed by atoms with van der Waals surface area (Å²) in [5.41, 5.74) is 1.93. The van der Waals surface area contributed by atoms with Gasteiger partial charge in [-0.2, -0.15) is 0 Å². The number of hydrogen-bond donors (Lipinski definition) is 3. The van der Waals surface area contributed by atoms with Crippen molar-refractivity contribution in [3.8, 4) is 5.75 Å². The summed E-state index contributed by atoms with van der Waals surface area (Å²) in [4.78, 5) is 15.4. The Morgan fingerprint density at radius 3 is 3.00 bits per heavy atom. The molecule has 1 saturated carbocycles. The zero-order valence-corrected chi connectivity index (χ0v) is 12.8. The average Bonchev–Trinajstić information content (AvgIpc) is 2.91. The summed E-state index contributed by atoms with van der Waals surface area (Å²) in [5, 5.41) is 13.9. The fourth-order valence-electron chi connectivity index (χ4n) is 3.14. The third-order valence-corrected chi connectivity index (χ3v) is 4.40. The quantitative estimate of drug-likeness (QED) is 0.810. The molecule has 1 aliphatic carbocycles. The van der Waals surface area contributed by atoms with Crippen molar-refractivity contribution in [2.45, 2.75) is 44.2 Å². The minimum absolute atomic E-state index is 0.0466. The smallest absolute Gasteiger partial charge is 0.224 e. The molecule has 3 N–H and O–H groups in total. The van der Waals surface area contributed by atoms with Crippen LogP contribution in [0.5, 0.6) is 5.75 Å². The molecule has 0 bridgehead atoms. The molecule has 0 spiro atoms. The molecular weight excluding hydrogens is 280 g/mol. The van der Waals surface area contributed by atoms with E-state index in [1.165, 1.54) is 0 Å². The van der Waals surface area contributed by atoms with Crippen LogP contribution >= 0.6 is 0 Å². The molecule has 0 aliphatic heterocycles. The summed E-state index contributed by atoms with van der Waals surface area (Å²) in [7, 11) is 1.63. The molecular formula is C17H22N2O3. The number of aromatic nitrogens is 1. The SMILES string of the molecule is COc1ccc2[nH]cc(CC(=O)NC3CCCCC3O)c2c1. The van der Waals surface area contributed by atoms with Crippen molar-refractivity contribution in [2.75, 3.05) is 7.11 Å². The molecule has 22 heavy (non-hydrogen) atoms. The highest BCUT2D eigenvalue weighted by Gasteiger charge is 2.24. The van der Waals surface area contributed by atoms with Crippen LogP contribution in [-0.4, -0.2) is 35.3 Å². The summed E-state index contributed by atoms with van der Waals surface area (Å²) in [6.45, 7) is 0. The minimum Gasteiger partial charge on any atom is -0.497 e. The van der Waals surface area contributed by atoms with Crippen molar-refractivity contribution in [3.63, 3.8) is 0 Å². The maximum absolute atomic E-state index is 12.3. The molecule has 2 aromatic rings. The molecule has 3 rings (SSSR count). The first kappa shape index (κ1) is 14.9. The monoisotopic (exact) mass is 302 g/mol. The minimum atomic E-state index is -0.416. The third kappa shape index (κ3) is 3.09. The zero-order valence-electron chi connectivity index (χ0n) is 12.8. The first-order chi connectivity index (χ1) is 10.7. The summed E-state index contributed by atoms with van der Waals surface area (Å²) >= 11 is 0. The van der Waals surface area contributed by atoms with E-state index in [0.29, 0.717) is 6.42 Å². The molecule has 0 saturated heterocycles. The van der Waals surface area contributed by atoms with Crippen LogP contribution < -0.4 is 10.1 Å². The largest absolute Gasteiger partial charge is 0.497 e. The van der Waals surface area contributed by atoms with Gasteiger partial charge >= 0.3 is 0 Å². The Labute approximate surface area is 129 Å². The molecule has 1 amide bonds. The van der Waals surface area contributed by atoms with Crippen molar-refractivity contribution in [2.24, 2.45) is 0 Å². The Morgan fingerprint density at radius 2 is 2.23 bits per heavy atom. The van der Waals surface area contributed by atoms with Gasteiger partial charge in [-0.25, -0.2) is 0 Å². The fourth-order valence-corrected chi connectivity index (χ4v) is 3.14. The number of rotatable bonds is 4. The van der Waals surface area contributed by atoms with Gasteiger partial charge in [-0.1, -0.05) is 12.8 Å². The van der Waals surface area contributed by atoms with Gasteiger partial charge in [-0.15, -0.1) is 0 Å². The van der Waals surface area contributed by atoms with E-state index in [4.69, 9.17) is 4.74 Å². The van der Waals surface area contributed by atoms with Crippen LogP contribution in [0.25, 0.3) is 10.9 Å². The predicted molar refractivity (Wildman–Crippen MR) is 85.0 cm³/mol. The lowest BCUT2D eigenvalue weighted by Gasteiger charge is -2.28. The van der Waals surface area contributed by atoms with Gasteiger partial charge < -0.3 is 20.1 Å². The molecule has 1 fully saturated rings. The Balaban J connectivity index is 1.71. The van der Waals surface area contributed by atoms with E-state index in [1.54, 1.807) is 7.11 Å². The first-order valence-electron chi connectivity index (χ1n) is 7.79. The summed E-state index contributed by atoms with van der Waals surface area (Å²) in [6.07, 6.45) is 5.48. The molecule has 2 unspecified atom stereocenters. The lowest BCUT2D eigenvalue weighted by molar-refractivity contribution is -0.122. The Kier molecular flexibility index (Phi) is 4.34. The molecule has 118 valence electrons. The number of benzene rings is 1. The second-order valence-corrected chi connectivity index (χ2v) is 5.93. The third-order valence-electron chi connectivity index (χ3n) is 4.40. The number of amides is 1. The van der Waals surface area contributed by atoms with E-state index in [-0.39, 0.29) is 11.9 Å². The Bertz CT molecular complexity index is 665. The maximum Gasteiger partial charge on any atom is 0.224 e. The van der Waals surface area contributed by atoms with E-state index >= 15 is 0 Å². The van der Waals surface area contributed by atoms with Crippen LogP contribution in [0.4, 0.5) is 0 Å². The Morgan fingerprint density at radius 1 is 1.41 bits per heavy atom. The number of hydrogen-bond acceptors (Lipinski definition) is 3. The van der Waals surface area contributed by atoms with Crippen molar-refractivity contribution in [1.29, 1.82) is 0 Å². The molecule has 2 atom stereocenters. The van der Waals surface area contributed by atoms with Crippen LogP contribution in [0.15, 0.2) is 24.4 Å². The zero-order chi connectivity index (χ0) is 15.5. The van der Waals surface area contributed by atoms with Gasteiger partial charge in [0.15, 0.2) is 0 Å². The van der Waals surface area contributed by atoms with Gasteiger partial charge in [0.25, 0.3) is 0 Å². The number of carbonyl (C=O) groups excluding carboxylic acids is 1. The molecule has 1 heterocycles. The van der Waals surface area contributed by atoms with Crippen LogP contribution in [0.1, 0.15) is 31.2 Å². The number of fused-ring (bicyclic) bond motifs is 1. The first-order valence-corrected chi connectivity index (χ1v) is 7.79. The van der Waals surface area contributed by atoms with Gasteiger partial charge in [0.1, 0.15) is 5.75 Å². The summed E-state index contributed by atoms with van der Waals surface area (Å²) in [5.74, 6) is 0.728. The van der Waals surface area contributed by atoms with E-state index in [0.717, 1.165) is 47.9 Å². The number of aliphatic hydroxyl groups is 1. The van der Waals surface area contributed by atoms with Crippen molar-refractivity contribution in [3.05, 3.63) is 30.0 Å². The van der Waals surface area contributed by atoms with Crippen LogP contribution in [-0.2, 0) is 11.2 Å². The van der Waals surface area contributed by atoms with Crippen molar-refractivity contribution >= 4 is 16.8 Å². The van der Waals surface area contributed by atoms with Gasteiger partial charge in [-0.05, 0) is 36.6 Å². The lowest BCUT2D eigenvalue weighted by atomic mass is 9.92. The van der Waals surface area contributed by atoms with Crippen molar-refractivity contribution in [1.82, 2.24) is 10.3 Å². The summed E-state index contributed by atoms with van der Waals surface area (Å²) in [6, 6.07) is 5.66. The van der Waals surface area contributed by atoms with Crippen LogP contribution in [0, 0.1) is 0 Å². The van der Waals surface area contributed by atoms with E-state index in [1.807, 2.05) is 24.4 Å². The number of methoxy groups -OCH3 is 1. The highest BCUT2D eigenvalue weighted by molar-refractivity contribution is 5.89. The Hall–Kier alpha value is -2.01. The van der Waals surface area contributed by atoms with Gasteiger partial charge in [0.2, 0.25) is 5.91 Å². The lowest BCUT2D eigenvalue weighted by Crippen LogP contribution is -2.45. The second-order valence-electron chi connectivity index (χ2n) is 5.93. The van der Waals surface area contributed by atoms with Gasteiger partial charge in [0, 0.05) is 17.1 Å². The van der Waals surface area contributed by atoms with E-state index in [9.17, 15) is 9.90 Å². The number of ether oxygens (including phenoxy) is 1.